The molecular formula is C18H22N6O2S. The number of carbonyl (C=O) groups excluding carboxylic acids is 1. The number of rotatable bonds is 3. The van der Waals surface area contributed by atoms with Crippen LogP contribution < -0.4 is 5.56 Å². The van der Waals surface area contributed by atoms with Gasteiger partial charge < -0.3 is 4.90 Å². The van der Waals surface area contributed by atoms with E-state index in [0.717, 1.165) is 44.7 Å². The van der Waals surface area contributed by atoms with E-state index in [-0.39, 0.29) is 17.4 Å². The van der Waals surface area contributed by atoms with Crippen LogP contribution in [0.1, 0.15) is 25.3 Å². The molecule has 1 unspecified atom stereocenters. The van der Waals surface area contributed by atoms with E-state index >= 15 is 0 Å². The fourth-order valence-corrected chi connectivity index (χ4v) is 3.86. The number of H-pyrrole nitrogens is 1. The van der Waals surface area contributed by atoms with Crippen molar-refractivity contribution in [3.05, 3.63) is 28.1 Å². The number of hydrogen-bond acceptors (Lipinski definition) is 7. The van der Waals surface area contributed by atoms with Crippen LogP contribution in [-0.4, -0.2) is 69.9 Å². The van der Waals surface area contributed by atoms with Gasteiger partial charge >= 0.3 is 0 Å². The van der Waals surface area contributed by atoms with Gasteiger partial charge in [-0.15, -0.1) is 11.8 Å². The van der Waals surface area contributed by atoms with Crippen LogP contribution >= 0.6 is 11.8 Å². The minimum Gasteiger partial charge on any atom is -0.340 e. The molecule has 0 saturated carbocycles. The van der Waals surface area contributed by atoms with Gasteiger partial charge in [-0.05, 0) is 25.2 Å². The van der Waals surface area contributed by atoms with Crippen LogP contribution in [0.5, 0.6) is 0 Å². The molecule has 1 aliphatic carbocycles. The second-order valence-corrected chi connectivity index (χ2v) is 7.29. The second kappa shape index (κ2) is 8.50. The van der Waals surface area contributed by atoms with Crippen molar-refractivity contribution in [2.75, 3.05) is 32.4 Å². The summed E-state index contributed by atoms with van der Waals surface area (Å²) in [5, 5.41) is 9.44. The molecule has 1 aliphatic heterocycles. The number of aliphatic imine (C=N–C) groups is 1. The summed E-state index contributed by atoms with van der Waals surface area (Å²) < 4.78 is 0. The maximum atomic E-state index is 12.0. The lowest BCUT2D eigenvalue weighted by atomic mass is 9.99. The number of nitrogens with one attached hydrogen (secondary N) is 1. The normalized spacial score (nSPS) is 22.0. The number of hydrogen-bond donors (Lipinski definition) is 1. The van der Waals surface area contributed by atoms with E-state index < -0.39 is 5.56 Å². The van der Waals surface area contributed by atoms with Gasteiger partial charge in [-0.1, -0.05) is 6.08 Å². The molecule has 0 radical (unpaired) electrons. The Kier molecular flexibility index (Phi) is 6.08. The molecule has 2 heterocycles. The van der Waals surface area contributed by atoms with E-state index in [1.165, 1.54) is 11.8 Å². The van der Waals surface area contributed by atoms with Crippen LogP contribution in [0, 0.1) is 11.3 Å². The summed E-state index contributed by atoms with van der Waals surface area (Å²) in [5.41, 5.74) is 0.418. The average molecular weight is 386 g/mol. The molecule has 1 atom stereocenters. The Balaban J connectivity index is 1.69. The molecule has 1 fully saturated rings. The minimum atomic E-state index is -0.461. The van der Waals surface area contributed by atoms with Crippen LogP contribution in [0.4, 0.5) is 5.95 Å². The standard InChI is InChI=1S/C18H22N6O2S/c1-12(25)23-7-9-24(10-8-23)14-5-3-13(4-6-14)20-18-21-16(26)15(11-19)17(22-18)27-2/h3,5,14H,4,6-10H2,1-2H3,(H,21,22,26). The molecule has 1 saturated heterocycles. The van der Waals surface area contributed by atoms with Crippen molar-refractivity contribution < 1.29 is 4.79 Å². The highest BCUT2D eigenvalue weighted by Crippen LogP contribution is 2.20. The summed E-state index contributed by atoms with van der Waals surface area (Å²) >= 11 is 1.26. The van der Waals surface area contributed by atoms with Gasteiger partial charge in [0, 0.05) is 44.9 Å². The molecule has 1 aromatic rings. The lowest BCUT2D eigenvalue weighted by Crippen LogP contribution is -2.51. The molecule has 142 valence electrons. The quantitative estimate of drug-likeness (QED) is 0.620. The molecule has 0 spiro atoms. The monoisotopic (exact) mass is 386 g/mol. The van der Waals surface area contributed by atoms with Crippen molar-refractivity contribution >= 4 is 29.3 Å². The van der Waals surface area contributed by atoms with Gasteiger partial charge in [-0.25, -0.2) is 9.98 Å². The average Bonchev–Trinajstić information content (AvgIpc) is 2.68. The Labute approximate surface area is 162 Å². The van der Waals surface area contributed by atoms with Crippen molar-refractivity contribution in [1.82, 2.24) is 19.8 Å². The number of piperazine rings is 1. The van der Waals surface area contributed by atoms with Crippen molar-refractivity contribution in [2.45, 2.75) is 30.8 Å². The summed E-state index contributed by atoms with van der Waals surface area (Å²) in [6.07, 6.45) is 7.60. The van der Waals surface area contributed by atoms with Gasteiger partial charge in [0.2, 0.25) is 11.9 Å². The number of amides is 1. The van der Waals surface area contributed by atoms with Crippen molar-refractivity contribution in [1.29, 1.82) is 5.26 Å². The lowest BCUT2D eigenvalue weighted by molar-refractivity contribution is -0.130. The lowest BCUT2D eigenvalue weighted by Gasteiger charge is -2.38. The first kappa shape index (κ1) is 19.3. The largest absolute Gasteiger partial charge is 0.340 e. The molecule has 2 aliphatic rings. The van der Waals surface area contributed by atoms with E-state index in [2.05, 4.69) is 25.9 Å². The topological polar surface area (TPSA) is 105 Å². The van der Waals surface area contributed by atoms with E-state index in [0.29, 0.717) is 11.1 Å². The summed E-state index contributed by atoms with van der Waals surface area (Å²) in [6, 6.07) is 2.22. The maximum absolute atomic E-state index is 12.0. The van der Waals surface area contributed by atoms with Gasteiger partial charge in [0.1, 0.15) is 16.7 Å². The first-order valence-electron chi connectivity index (χ1n) is 8.85. The summed E-state index contributed by atoms with van der Waals surface area (Å²) in [7, 11) is 0. The molecular weight excluding hydrogens is 364 g/mol. The Morgan fingerprint density at radius 2 is 2.15 bits per heavy atom. The summed E-state index contributed by atoms with van der Waals surface area (Å²) in [4.78, 5) is 39.0. The molecule has 1 N–H and O–H groups in total. The zero-order valence-electron chi connectivity index (χ0n) is 15.4. The smallest absolute Gasteiger partial charge is 0.271 e. The van der Waals surface area contributed by atoms with Crippen LogP contribution in [-0.2, 0) is 4.79 Å². The first-order valence-corrected chi connectivity index (χ1v) is 10.1. The zero-order valence-corrected chi connectivity index (χ0v) is 16.3. The highest BCUT2D eigenvalue weighted by atomic mass is 32.2. The molecule has 27 heavy (non-hydrogen) atoms. The predicted molar refractivity (Wildman–Crippen MR) is 104 cm³/mol. The van der Waals surface area contributed by atoms with E-state index in [1.54, 1.807) is 13.2 Å². The van der Waals surface area contributed by atoms with Gasteiger partial charge in [-0.3, -0.25) is 19.5 Å². The van der Waals surface area contributed by atoms with Crippen LogP contribution in [0.2, 0.25) is 0 Å². The van der Waals surface area contributed by atoms with Gasteiger partial charge in [0.15, 0.2) is 0 Å². The Morgan fingerprint density at radius 1 is 1.41 bits per heavy atom. The number of carbonyl (C=O) groups is 1. The zero-order chi connectivity index (χ0) is 19.4. The van der Waals surface area contributed by atoms with E-state index in [1.807, 2.05) is 17.0 Å². The highest BCUT2D eigenvalue weighted by Gasteiger charge is 2.25. The van der Waals surface area contributed by atoms with E-state index in [9.17, 15) is 9.59 Å². The third kappa shape index (κ3) is 4.46. The molecule has 8 nitrogen and oxygen atoms in total. The van der Waals surface area contributed by atoms with Crippen molar-refractivity contribution in [3.8, 4) is 6.07 Å². The molecule has 1 aromatic heterocycles. The third-order valence-electron chi connectivity index (χ3n) is 4.86. The number of thioether (sulfide) groups is 1. The van der Waals surface area contributed by atoms with Gasteiger partial charge in [-0.2, -0.15) is 5.26 Å². The van der Waals surface area contributed by atoms with Crippen molar-refractivity contribution in [3.63, 3.8) is 0 Å². The molecule has 3 rings (SSSR count). The van der Waals surface area contributed by atoms with Crippen LogP contribution in [0.15, 0.2) is 27.0 Å². The van der Waals surface area contributed by atoms with Gasteiger partial charge in [0.05, 0.1) is 0 Å². The minimum absolute atomic E-state index is 0.0235. The highest BCUT2D eigenvalue weighted by molar-refractivity contribution is 7.98. The molecule has 0 aromatic carbocycles. The number of allylic oxidation sites excluding steroid dienone is 1. The maximum Gasteiger partial charge on any atom is 0.271 e. The van der Waals surface area contributed by atoms with Crippen molar-refractivity contribution in [2.24, 2.45) is 4.99 Å². The first-order chi connectivity index (χ1) is 13.0. The van der Waals surface area contributed by atoms with E-state index in [4.69, 9.17) is 5.26 Å². The fourth-order valence-electron chi connectivity index (χ4n) is 3.34. The number of aromatic nitrogens is 2. The summed E-state index contributed by atoms with van der Waals surface area (Å²) in [6.45, 7) is 4.91. The van der Waals surface area contributed by atoms with Gasteiger partial charge in [0.25, 0.3) is 5.56 Å². The number of aromatic amines is 1. The summed E-state index contributed by atoms with van der Waals surface area (Å²) in [5.74, 6) is 0.369. The molecule has 0 bridgehead atoms. The SMILES string of the molecule is CSc1nc(N=C2C=CC(N3CCN(C(C)=O)CC3)CC2)[nH]c(=O)c1C#N. The molecule has 1 amide bonds. The number of nitriles is 1. The van der Waals surface area contributed by atoms with Crippen LogP contribution in [0.25, 0.3) is 0 Å². The Bertz CT molecular complexity index is 877. The number of nitrogens with zero attached hydrogens (tertiary/aromatic N) is 5. The third-order valence-corrected chi connectivity index (χ3v) is 5.55. The Morgan fingerprint density at radius 3 is 2.70 bits per heavy atom. The van der Waals surface area contributed by atoms with Crippen LogP contribution in [0.3, 0.4) is 0 Å². The Hall–Kier alpha value is -2.44. The second-order valence-electron chi connectivity index (χ2n) is 6.50. The predicted octanol–water partition coefficient (Wildman–Crippen LogP) is 1.32. The fraction of sp³-hybridized carbons (Fsp3) is 0.500. The molecule has 9 heteroatoms.